The predicted octanol–water partition coefficient (Wildman–Crippen LogP) is 0.359. The summed E-state index contributed by atoms with van der Waals surface area (Å²) in [6.45, 7) is 7.09. The minimum Gasteiger partial charge on any atom is -0.352 e. The summed E-state index contributed by atoms with van der Waals surface area (Å²) in [5.41, 5.74) is -0.698. The van der Waals surface area contributed by atoms with Crippen molar-refractivity contribution in [3.8, 4) is 0 Å². The SMILES string of the molecule is CC1(C)C(=O)NCCN1C(=O)[C@@H]1C[C@H]1C1CCNCC1. The first kappa shape index (κ1) is 13.9. The molecule has 2 N–H and O–H groups in total. The molecule has 2 saturated heterocycles. The molecule has 0 spiro atoms. The van der Waals surface area contributed by atoms with Crippen molar-refractivity contribution in [2.45, 2.75) is 38.6 Å². The number of carbonyl (C=O) groups excluding carboxylic acids is 2. The Morgan fingerprint density at radius 1 is 1.25 bits per heavy atom. The molecule has 3 rings (SSSR count). The zero-order chi connectivity index (χ0) is 14.3. The number of hydrogen-bond donors (Lipinski definition) is 2. The van der Waals surface area contributed by atoms with E-state index in [9.17, 15) is 9.59 Å². The maximum atomic E-state index is 12.7. The molecule has 112 valence electrons. The fraction of sp³-hybridized carbons (Fsp3) is 0.867. The Morgan fingerprint density at radius 2 is 1.95 bits per heavy atom. The lowest BCUT2D eigenvalue weighted by Crippen LogP contribution is -2.63. The molecule has 2 amide bonds. The number of nitrogens with zero attached hydrogens (tertiary/aromatic N) is 1. The van der Waals surface area contributed by atoms with E-state index in [0.29, 0.717) is 24.9 Å². The number of nitrogens with one attached hydrogen (secondary N) is 2. The van der Waals surface area contributed by atoms with E-state index >= 15 is 0 Å². The minimum atomic E-state index is -0.698. The normalized spacial score (nSPS) is 33.7. The summed E-state index contributed by atoms with van der Waals surface area (Å²) < 4.78 is 0. The lowest BCUT2D eigenvalue weighted by molar-refractivity contribution is -0.150. The summed E-state index contributed by atoms with van der Waals surface area (Å²) in [4.78, 5) is 26.5. The second-order valence-corrected chi connectivity index (χ2v) is 6.90. The van der Waals surface area contributed by atoms with E-state index in [1.165, 1.54) is 12.8 Å². The number of amides is 2. The first-order valence-corrected chi connectivity index (χ1v) is 7.82. The minimum absolute atomic E-state index is 0.0313. The van der Waals surface area contributed by atoms with Gasteiger partial charge in [-0.3, -0.25) is 9.59 Å². The van der Waals surface area contributed by atoms with Gasteiger partial charge in [0, 0.05) is 19.0 Å². The molecular formula is C15H25N3O2. The second kappa shape index (κ2) is 5.02. The Morgan fingerprint density at radius 3 is 2.65 bits per heavy atom. The number of hydrogen-bond acceptors (Lipinski definition) is 3. The van der Waals surface area contributed by atoms with Gasteiger partial charge in [0.25, 0.3) is 0 Å². The molecule has 2 heterocycles. The van der Waals surface area contributed by atoms with E-state index in [-0.39, 0.29) is 17.7 Å². The maximum Gasteiger partial charge on any atom is 0.245 e. The van der Waals surface area contributed by atoms with Crippen LogP contribution in [0.15, 0.2) is 0 Å². The molecule has 5 nitrogen and oxygen atoms in total. The Bertz CT molecular complexity index is 415. The van der Waals surface area contributed by atoms with Crippen molar-refractivity contribution in [2.75, 3.05) is 26.2 Å². The van der Waals surface area contributed by atoms with Gasteiger partial charge in [0.1, 0.15) is 5.54 Å². The van der Waals surface area contributed by atoms with Gasteiger partial charge in [0.15, 0.2) is 0 Å². The summed E-state index contributed by atoms with van der Waals surface area (Å²) in [6, 6.07) is 0. The van der Waals surface area contributed by atoms with Crippen molar-refractivity contribution in [1.82, 2.24) is 15.5 Å². The van der Waals surface area contributed by atoms with Crippen molar-refractivity contribution in [3.63, 3.8) is 0 Å². The second-order valence-electron chi connectivity index (χ2n) is 6.90. The lowest BCUT2D eigenvalue weighted by Gasteiger charge is -2.41. The first-order chi connectivity index (χ1) is 9.51. The van der Waals surface area contributed by atoms with Crippen molar-refractivity contribution in [3.05, 3.63) is 0 Å². The van der Waals surface area contributed by atoms with Crippen LogP contribution < -0.4 is 10.6 Å². The highest BCUT2D eigenvalue weighted by atomic mass is 16.2. The van der Waals surface area contributed by atoms with E-state index in [1.54, 1.807) is 4.90 Å². The summed E-state index contributed by atoms with van der Waals surface area (Å²) in [5.74, 6) is 1.60. The van der Waals surface area contributed by atoms with Gasteiger partial charge in [-0.05, 0) is 58.0 Å². The first-order valence-electron chi connectivity index (χ1n) is 7.82. The predicted molar refractivity (Wildman–Crippen MR) is 76.0 cm³/mol. The Hall–Kier alpha value is -1.10. The molecule has 0 radical (unpaired) electrons. The third-order valence-electron chi connectivity index (χ3n) is 5.26. The topological polar surface area (TPSA) is 61.4 Å². The molecule has 3 fully saturated rings. The quantitative estimate of drug-likeness (QED) is 0.767. The fourth-order valence-electron chi connectivity index (χ4n) is 3.78. The zero-order valence-corrected chi connectivity index (χ0v) is 12.4. The van der Waals surface area contributed by atoms with E-state index in [1.807, 2.05) is 13.8 Å². The number of carbonyl (C=O) groups is 2. The number of piperazine rings is 1. The molecule has 0 aromatic rings. The molecule has 2 aliphatic heterocycles. The summed E-state index contributed by atoms with van der Waals surface area (Å²) >= 11 is 0. The van der Waals surface area contributed by atoms with Crippen LogP contribution in [0.25, 0.3) is 0 Å². The largest absolute Gasteiger partial charge is 0.352 e. The molecule has 2 atom stereocenters. The lowest BCUT2D eigenvalue weighted by atomic mass is 9.91. The van der Waals surface area contributed by atoms with Crippen LogP contribution in [0.4, 0.5) is 0 Å². The van der Waals surface area contributed by atoms with E-state index in [0.717, 1.165) is 19.5 Å². The van der Waals surface area contributed by atoms with Crippen molar-refractivity contribution >= 4 is 11.8 Å². The van der Waals surface area contributed by atoms with Crippen LogP contribution in [-0.2, 0) is 9.59 Å². The van der Waals surface area contributed by atoms with Gasteiger partial charge < -0.3 is 15.5 Å². The smallest absolute Gasteiger partial charge is 0.245 e. The highest BCUT2D eigenvalue weighted by molar-refractivity contribution is 5.93. The van der Waals surface area contributed by atoms with Crippen LogP contribution in [0.5, 0.6) is 0 Å². The van der Waals surface area contributed by atoms with Crippen LogP contribution in [0, 0.1) is 17.8 Å². The molecule has 20 heavy (non-hydrogen) atoms. The van der Waals surface area contributed by atoms with Gasteiger partial charge in [-0.1, -0.05) is 0 Å². The van der Waals surface area contributed by atoms with Gasteiger partial charge in [-0.2, -0.15) is 0 Å². The fourth-order valence-corrected chi connectivity index (χ4v) is 3.78. The van der Waals surface area contributed by atoms with Crippen LogP contribution in [0.2, 0.25) is 0 Å². The average molecular weight is 279 g/mol. The Kier molecular flexibility index (Phi) is 3.48. The Balaban J connectivity index is 1.63. The standard InChI is InChI=1S/C15H25N3O2/c1-15(2)14(20)17-7-8-18(15)13(19)12-9-11(12)10-3-5-16-6-4-10/h10-12,16H,3-9H2,1-2H3,(H,17,20)/t11-,12+/m0/s1. The van der Waals surface area contributed by atoms with Crippen molar-refractivity contribution in [1.29, 1.82) is 0 Å². The van der Waals surface area contributed by atoms with Gasteiger partial charge in [-0.25, -0.2) is 0 Å². The van der Waals surface area contributed by atoms with Crippen LogP contribution >= 0.6 is 0 Å². The summed E-state index contributed by atoms with van der Waals surface area (Å²) in [5, 5.41) is 6.23. The molecule has 3 aliphatic rings. The monoisotopic (exact) mass is 279 g/mol. The number of rotatable bonds is 2. The van der Waals surface area contributed by atoms with E-state index in [4.69, 9.17) is 0 Å². The molecule has 1 saturated carbocycles. The van der Waals surface area contributed by atoms with Crippen LogP contribution in [0.3, 0.4) is 0 Å². The molecular weight excluding hydrogens is 254 g/mol. The van der Waals surface area contributed by atoms with Crippen molar-refractivity contribution in [2.24, 2.45) is 17.8 Å². The van der Waals surface area contributed by atoms with Gasteiger partial charge in [-0.15, -0.1) is 0 Å². The van der Waals surface area contributed by atoms with E-state index in [2.05, 4.69) is 10.6 Å². The summed E-state index contributed by atoms with van der Waals surface area (Å²) in [6.07, 6.45) is 3.41. The molecule has 0 aromatic heterocycles. The number of piperidine rings is 1. The maximum absolute atomic E-state index is 12.7. The Labute approximate surface area is 120 Å². The zero-order valence-electron chi connectivity index (χ0n) is 12.4. The third kappa shape index (κ3) is 2.32. The molecule has 1 aliphatic carbocycles. The van der Waals surface area contributed by atoms with Crippen molar-refractivity contribution < 1.29 is 9.59 Å². The van der Waals surface area contributed by atoms with Gasteiger partial charge >= 0.3 is 0 Å². The van der Waals surface area contributed by atoms with Gasteiger partial charge in [0.05, 0.1) is 0 Å². The van der Waals surface area contributed by atoms with E-state index < -0.39 is 5.54 Å². The average Bonchev–Trinajstić information content (AvgIpc) is 3.22. The van der Waals surface area contributed by atoms with Crippen LogP contribution in [-0.4, -0.2) is 48.4 Å². The third-order valence-corrected chi connectivity index (χ3v) is 5.26. The highest BCUT2D eigenvalue weighted by Crippen LogP contribution is 2.49. The van der Waals surface area contributed by atoms with Crippen LogP contribution in [0.1, 0.15) is 33.1 Å². The van der Waals surface area contributed by atoms with Gasteiger partial charge in [0.2, 0.25) is 11.8 Å². The molecule has 0 bridgehead atoms. The molecule has 0 aromatic carbocycles. The highest BCUT2D eigenvalue weighted by Gasteiger charge is 2.52. The molecule has 0 unspecified atom stereocenters. The molecule has 5 heteroatoms. The summed E-state index contributed by atoms with van der Waals surface area (Å²) in [7, 11) is 0.